The highest BCUT2D eigenvalue weighted by Crippen LogP contribution is 2.29. The molecular formula is C21H43NO3Si. The maximum Gasteiger partial charge on any atom is 0.415 e. The number of hydrogen-bond donors (Lipinski definition) is 0. The van der Waals surface area contributed by atoms with Crippen LogP contribution in [0.5, 0.6) is 0 Å². The van der Waals surface area contributed by atoms with Crippen LogP contribution in [0, 0.1) is 11.8 Å². The molecule has 5 heteroatoms. The Labute approximate surface area is 163 Å². The summed E-state index contributed by atoms with van der Waals surface area (Å²) in [5.74, 6) is 0.621. The van der Waals surface area contributed by atoms with Gasteiger partial charge in [-0.25, -0.2) is 4.79 Å². The molecule has 0 saturated carbocycles. The fraction of sp³-hybridized carbons (Fsp3) is 0.857. The third-order valence-corrected chi connectivity index (χ3v) is 10.0. The highest BCUT2D eigenvalue weighted by molar-refractivity contribution is 6.73. The first-order chi connectivity index (χ1) is 12.0. The van der Waals surface area contributed by atoms with Gasteiger partial charge >= 0.3 is 6.09 Å². The smallest absolute Gasteiger partial charge is 0.415 e. The number of carbonyl (C=O) groups is 1. The zero-order valence-corrected chi connectivity index (χ0v) is 19.8. The van der Waals surface area contributed by atoms with Crippen molar-refractivity contribution in [3.63, 3.8) is 0 Å². The van der Waals surface area contributed by atoms with Gasteiger partial charge in [-0.2, -0.15) is 0 Å². The molecule has 0 saturated heterocycles. The summed E-state index contributed by atoms with van der Waals surface area (Å²) in [5.41, 5.74) is 0. The van der Waals surface area contributed by atoms with Gasteiger partial charge in [-0.1, -0.05) is 41.5 Å². The van der Waals surface area contributed by atoms with Gasteiger partial charge in [0.15, 0.2) is 8.32 Å². The van der Waals surface area contributed by atoms with E-state index >= 15 is 0 Å². The van der Waals surface area contributed by atoms with Gasteiger partial charge in [-0.15, -0.1) is 0 Å². The van der Waals surface area contributed by atoms with Crippen molar-refractivity contribution in [2.45, 2.75) is 106 Å². The molecule has 0 fully saturated rings. The van der Waals surface area contributed by atoms with Gasteiger partial charge in [0.05, 0.1) is 12.4 Å². The van der Waals surface area contributed by atoms with E-state index in [4.69, 9.17) is 9.16 Å². The van der Waals surface area contributed by atoms with E-state index in [0.717, 1.165) is 18.1 Å². The Morgan fingerprint density at radius 3 is 1.73 bits per heavy atom. The highest BCUT2D eigenvalue weighted by atomic mass is 28.4. The molecule has 0 unspecified atom stereocenters. The summed E-state index contributed by atoms with van der Waals surface area (Å²) in [7, 11) is -1.66. The minimum absolute atomic E-state index is 0.116. The molecule has 0 aliphatic rings. The van der Waals surface area contributed by atoms with Crippen LogP contribution < -0.4 is 0 Å². The first-order valence-corrected chi connectivity index (χ1v) is 12.9. The quantitative estimate of drug-likeness (QED) is 0.303. The van der Waals surface area contributed by atoms with Crippen molar-refractivity contribution < 1.29 is 14.0 Å². The average molecular weight is 386 g/mol. The zero-order valence-electron chi connectivity index (χ0n) is 18.8. The van der Waals surface area contributed by atoms with Crippen LogP contribution in [0.2, 0.25) is 18.1 Å². The Balaban J connectivity index is 5.04. The Hall–Kier alpha value is -0.813. The molecule has 26 heavy (non-hydrogen) atoms. The monoisotopic (exact) mass is 385 g/mol. The summed E-state index contributed by atoms with van der Waals surface area (Å²) >= 11 is 0. The van der Waals surface area contributed by atoms with Crippen LogP contribution in [0.25, 0.3) is 0 Å². The summed E-state index contributed by atoms with van der Waals surface area (Å²) in [6, 6.07) is 3.67. The Morgan fingerprint density at radius 1 is 0.923 bits per heavy atom. The lowest BCUT2D eigenvalue weighted by Gasteiger charge is -2.37. The largest absolute Gasteiger partial charge is 0.418 e. The van der Waals surface area contributed by atoms with Crippen molar-refractivity contribution in [1.29, 1.82) is 0 Å². The molecule has 0 N–H and O–H groups in total. The first kappa shape index (κ1) is 25.2. The molecule has 0 heterocycles. The number of amides is 1. The van der Waals surface area contributed by atoms with Crippen LogP contribution in [-0.4, -0.2) is 37.5 Å². The minimum atomic E-state index is -1.66. The van der Waals surface area contributed by atoms with Gasteiger partial charge in [-0.05, 0) is 57.8 Å². The van der Waals surface area contributed by atoms with Crippen LogP contribution >= 0.6 is 0 Å². The zero-order chi connectivity index (χ0) is 20.5. The van der Waals surface area contributed by atoms with E-state index in [1.807, 2.05) is 33.8 Å². The molecule has 4 nitrogen and oxygen atoms in total. The van der Waals surface area contributed by atoms with Crippen molar-refractivity contribution in [1.82, 2.24) is 4.90 Å². The van der Waals surface area contributed by atoms with Gasteiger partial charge in [-0.3, -0.25) is 0 Å². The van der Waals surface area contributed by atoms with Gasteiger partial charge in [0.1, 0.15) is 0 Å². The van der Waals surface area contributed by atoms with Crippen molar-refractivity contribution in [3.8, 4) is 0 Å². The van der Waals surface area contributed by atoms with Gasteiger partial charge in [0.2, 0.25) is 0 Å². The molecule has 0 aromatic carbocycles. The molecule has 1 amide bonds. The number of nitrogens with zero attached hydrogens (tertiary/aromatic N) is 1. The Bertz CT molecular complexity index is 415. The highest BCUT2D eigenvalue weighted by Gasteiger charge is 2.34. The van der Waals surface area contributed by atoms with Gasteiger partial charge in [0.25, 0.3) is 0 Å². The van der Waals surface area contributed by atoms with E-state index < -0.39 is 8.32 Å². The summed E-state index contributed by atoms with van der Waals surface area (Å²) < 4.78 is 12.1. The SMILES string of the molecule is CC[Si](CC)(CC)O[C@@H](C(C)C)[C@H](C)/C=C\OC(=O)N(C(C)C)C(C)C. The first-order valence-electron chi connectivity index (χ1n) is 10.4. The summed E-state index contributed by atoms with van der Waals surface area (Å²) in [4.78, 5) is 14.1. The molecule has 0 rings (SSSR count). The number of carbonyl (C=O) groups excluding carboxylic acids is 1. The maximum absolute atomic E-state index is 12.3. The van der Waals surface area contributed by atoms with Crippen LogP contribution in [0.15, 0.2) is 12.3 Å². The molecule has 154 valence electrons. The van der Waals surface area contributed by atoms with Crippen LogP contribution in [0.4, 0.5) is 4.79 Å². The fourth-order valence-electron chi connectivity index (χ4n) is 3.55. The molecule has 0 aromatic rings. The minimum Gasteiger partial charge on any atom is -0.418 e. The predicted molar refractivity (Wildman–Crippen MR) is 114 cm³/mol. The second-order valence-corrected chi connectivity index (χ2v) is 13.0. The molecule has 0 bridgehead atoms. The van der Waals surface area contributed by atoms with E-state index in [2.05, 4.69) is 41.5 Å². The standard InChI is InChI=1S/C21H43NO3Si/c1-11-26(12-2,13-3)25-20(16(4)5)19(10)14-15-24-21(23)22(17(6)7)18(8)9/h14-20H,11-13H2,1-10H3/b15-14-/t19-,20+/m1/s1. The summed E-state index contributed by atoms with van der Waals surface area (Å²) in [6.07, 6.45) is 3.39. The lowest BCUT2D eigenvalue weighted by molar-refractivity contribution is 0.0978. The molecular weight excluding hydrogens is 342 g/mol. The van der Waals surface area contributed by atoms with Crippen molar-refractivity contribution in [3.05, 3.63) is 12.3 Å². The van der Waals surface area contributed by atoms with Gasteiger partial charge in [0, 0.05) is 18.0 Å². The van der Waals surface area contributed by atoms with Crippen LogP contribution in [0.3, 0.4) is 0 Å². The number of ether oxygens (including phenoxy) is 1. The Kier molecular flexibility index (Phi) is 11.4. The molecule has 0 spiro atoms. The molecule has 0 aliphatic heterocycles. The summed E-state index contributed by atoms with van der Waals surface area (Å²) in [5, 5.41) is 0. The second kappa shape index (κ2) is 11.8. The van der Waals surface area contributed by atoms with Crippen molar-refractivity contribution in [2.24, 2.45) is 11.8 Å². The maximum atomic E-state index is 12.3. The average Bonchev–Trinajstić information content (AvgIpc) is 2.55. The van der Waals surface area contributed by atoms with E-state index in [0.29, 0.717) is 5.92 Å². The molecule has 2 atom stereocenters. The second-order valence-electron chi connectivity index (χ2n) is 8.24. The molecule has 0 aromatic heterocycles. The fourth-order valence-corrected chi connectivity index (χ4v) is 6.61. The lowest BCUT2D eigenvalue weighted by Crippen LogP contribution is -2.43. The topological polar surface area (TPSA) is 38.8 Å². The van der Waals surface area contributed by atoms with Crippen molar-refractivity contribution >= 4 is 14.4 Å². The predicted octanol–water partition coefficient (Wildman–Crippen LogP) is 6.44. The lowest BCUT2D eigenvalue weighted by atomic mass is 9.95. The summed E-state index contributed by atoms with van der Waals surface area (Å²) in [6.45, 7) is 21.3. The van der Waals surface area contributed by atoms with E-state index in [-0.39, 0.29) is 30.2 Å². The molecule has 0 radical (unpaired) electrons. The van der Waals surface area contributed by atoms with Crippen LogP contribution in [-0.2, 0) is 9.16 Å². The third kappa shape index (κ3) is 7.43. The van der Waals surface area contributed by atoms with E-state index in [9.17, 15) is 4.79 Å². The molecule has 0 aliphatic carbocycles. The van der Waals surface area contributed by atoms with E-state index in [1.165, 1.54) is 0 Å². The Morgan fingerprint density at radius 2 is 1.38 bits per heavy atom. The van der Waals surface area contributed by atoms with E-state index in [1.54, 1.807) is 11.2 Å². The van der Waals surface area contributed by atoms with Gasteiger partial charge < -0.3 is 14.1 Å². The van der Waals surface area contributed by atoms with Crippen LogP contribution in [0.1, 0.15) is 69.2 Å². The van der Waals surface area contributed by atoms with Crippen molar-refractivity contribution in [2.75, 3.05) is 0 Å². The normalized spacial score (nSPS) is 15.1. The third-order valence-electron chi connectivity index (χ3n) is 5.37. The number of rotatable bonds is 11. The number of hydrogen-bond acceptors (Lipinski definition) is 3.